The van der Waals surface area contributed by atoms with Crippen LogP contribution in [-0.2, 0) is 6.54 Å². The first-order valence-corrected chi connectivity index (χ1v) is 12.9. The fraction of sp³-hybridized carbons (Fsp3) is 0.286. The van der Waals surface area contributed by atoms with Gasteiger partial charge in [0.2, 0.25) is 5.75 Å². The Kier molecular flexibility index (Phi) is 7.55. The number of hydrogen-bond acceptors (Lipinski definition) is 8. The molecule has 0 atom stereocenters. The molecule has 1 fully saturated rings. The molecule has 1 aliphatic rings. The number of fused-ring (bicyclic) bond motifs is 1. The molecule has 1 saturated heterocycles. The van der Waals surface area contributed by atoms with Gasteiger partial charge >= 0.3 is 0 Å². The molecule has 0 spiro atoms. The number of carbonyl (C=O) groups excluding carboxylic acids is 1. The molecule has 0 radical (unpaired) electrons. The van der Waals surface area contributed by atoms with E-state index in [1.54, 1.807) is 23.5 Å². The number of aromatic nitrogens is 1. The van der Waals surface area contributed by atoms with Crippen LogP contribution in [0.5, 0.6) is 17.2 Å². The van der Waals surface area contributed by atoms with E-state index in [1.807, 2.05) is 24.3 Å². The summed E-state index contributed by atoms with van der Waals surface area (Å²) in [5.41, 5.74) is 4.20. The highest BCUT2D eigenvalue weighted by molar-refractivity contribution is 7.21. The van der Waals surface area contributed by atoms with Crippen molar-refractivity contribution in [2.75, 3.05) is 52.8 Å². The predicted octanol–water partition coefficient (Wildman–Crippen LogP) is 4.65. The second-order valence-electron chi connectivity index (χ2n) is 8.72. The molecular weight excluding hydrogens is 488 g/mol. The number of piperazine rings is 1. The fourth-order valence-electron chi connectivity index (χ4n) is 4.54. The van der Waals surface area contributed by atoms with Gasteiger partial charge in [-0.05, 0) is 35.9 Å². The standard InChI is InChI=1S/C28H30N4O4S/c1-34-22-15-19(16-23(35-2)26(22)36-3)27(33)30-21-9-5-4-8-20(21)28-31-25-18(7-6-10-24(25)37-28)17-32-13-11-29-12-14-32/h4-10,15-16,29H,11-14,17H2,1-3H3,(H,30,33). The first-order chi connectivity index (χ1) is 18.1. The molecule has 4 aromatic rings. The monoisotopic (exact) mass is 518 g/mol. The van der Waals surface area contributed by atoms with Gasteiger partial charge in [-0.25, -0.2) is 4.98 Å². The second-order valence-corrected chi connectivity index (χ2v) is 9.75. The molecular formula is C28H30N4O4S. The lowest BCUT2D eigenvalue weighted by molar-refractivity contribution is 0.102. The fourth-order valence-corrected chi connectivity index (χ4v) is 5.60. The molecule has 5 rings (SSSR count). The molecule has 0 unspecified atom stereocenters. The van der Waals surface area contributed by atoms with E-state index >= 15 is 0 Å². The van der Waals surface area contributed by atoms with E-state index in [-0.39, 0.29) is 5.91 Å². The minimum Gasteiger partial charge on any atom is -0.493 e. The molecule has 192 valence electrons. The van der Waals surface area contributed by atoms with E-state index in [0.717, 1.165) is 53.5 Å². The highest BCUT2D eigenvalue weighted by atomic mass is 32.1. The van der Waals surface area contributed by atoms with E-state index in [2.05, 4.69) is 33.7 Å². The van der Waals surface area contributed by atoms with Crippen LogP contribution in [0.1, 0.15) is 15.9 Å². The molecule has 0 saturated carbocycles. The Morgan fingerprint density at radius 3 is 2.43 bits per heavy atom. The van der Waals surface area contributed by atoms with Crippen LogP contribution in [0, 0.1) is 0 Å². The predicted molar refractivity (Wildman–Crippen MR) is 147 cm³/mol. The number of hydrogen-bond donors (Lipinski definition) is 2. The quantitative estimate of drug-likeness (QED) is 0.351. The summed E-state index contributed by atoms with van der Waals surface area (Å²) in [5.74, 6) is 0.993. The summed E-state index contributed by atoms with van der Waals surface area (Å²) in [6.07, 6.45) is 0. The number of rotatable bonds is 8. The zero-order valence-corrected chi connectivity index (χ0v) is 22.0. The normalized spacial score (nSPS) is 13.9. The molecule has 0 bridgehead atoms. The number of thiazole rings is 1. The molecule has 2 N–H and O–H groups in total. The van der Waals surface area contributed by atoms with Crippen LogP contribution in [0.25, 0.3) is 20.8 Å². The van der Waals surface area contributed by atoms with Crippen LogP contribution in [0.3, 0.4) is 0 Å². The third-order valence-electron chi connectivity index (χ3n) is 6.44. The van der Waals surface area contributed by atoms with Gasteiger partial charge < -0.3 is 24.8 Å². The topological polar surface area (TPSA) is 85.0 Å². The van der Waals surface area contributed by atoms with Gasteiger partial charge in [0, 0.05) is 43.9 Å². The zero-order valence-electron chi connectivity index (χ0n) is 21.2. The average Bonchev–Trinajstić information content (AvgIpc) is 3.38. The summed E-state index contributed by atoms with van der Waals surface area (Å²) in [5, 5.41) is 7.32. The van der Waals surface area contributed by atoms with Crippen LogP contribution < -0.4 is 24.8 Å². The minimum atomic E-state index is -0.285. The van der Waals surface area contributed by atoms with E-state index in [4.69, 9.17) is 19.2 Å². The average molecular weight is 519 g/mol. The van der Waals surface area contributed by atoms with Crippen molar-refractivity contribution in [1.29, 1.82) is 0 Å². The third-order valence-corrected chi connectivity index (χ3v) is 7.49. The van der Waals surface area contributed by atoms with Crippen molar-refractivity contribution in [3.8, 4) is 27.8 Å². The Labute approximate surface area is 220 Å². The number of carbonyl (C=O) groups is 1. The van der Waals surface area contributed by atoms with Crippen molar-refractivity contribution < 1.29 is 19.0 Å². The van der Waals surface area contributed by atoms with Gasteiger partial charge in [0.05, 0.1) is 37.2 Å². The number of nitrogens with one attached hydrogen (secondary N) is 2. The van der Waals surface area contributed by atoms with Gasteiger partial charge in [-0.3, -0.25) is 9.69 Å². The Morgan fingerprint density at radius 2 is 1.73 bits per heavy atom. The number of benzene rings is 3. The molecule has 0 aliphatic carbocycles. The van der Waals surface area contributed by atoms with Gasteiger partial charge in [-0.2, -0.15) is 0 Å². The summed E-state index contributed by atoms with van der Waals surface area (Å²) in [4.78, 5) is 20.8. The van der Waals surface area contributed by atoms with Crippen molar-refractivity contribution in [3.63, 3.8) is 0 Å². The summed E-state index contributed by atoms with van der Waals surface area (Å²) < 4.78 is 17.3. The van der Waals surface area contributed by atoms with Crippen molar-refractivity contribution in [2.45, 2.75) is 6.54 Å². The first-order valence-electron chi connectivity index (χ1n) is 12.1. The molecule has 3 aromatic carbocycles. The third kappa shape index (κ3) is 5.24. The van der Waals surface area contributed by atoms with Crippen LogP contribution in [0.2, 0.25) is 0 Å². The molecule has 9 heteroatoms. The van der Waals surface area contributed by atoms with Crippen molar-refractivity contribution in [3.05, 3.63) is 65.7 Å². The molecule has 1 aromatic heterocycles. The molecule has 1 aliphatic heterocycles. The molecule has 8 nitrogen and oxygen atoms in total. The number of methoxy groups -OCH3 is 3. The maximum Gasteiger partial charge on any atom is 0.255 e. The highest BCUT2D eigenvalue weighted by Gasteiger charge is 2.20. The molecule has 1 amide bonds. The van der Waals surface area contributed by atoms with Crippen LogP contribution >= 0.6 is 11.3 Å². The van der Waals surface area contributed by atoms with Crippen molar-refractivity contribution >= 4 is 33.1 Å². The van der Waals surface area contributed by atoms with E-state index < -0.39 is 0 Å². The Morgan fingerprint density at radius 1 is 1.00 bits per heavy atom. The number of ether oxygens (including phenoxy) is 3. The SMILES string of the molecule is COc1cc(C(=O)Nc2ccccc2-c2nc3c(CN4CCNCC4)cccc3s2)cc(OC)c1OC. The van der Waals surface area contributed by atoms with Crippen LogP contribution in [-0.4, -0.2) is 63.3 Å². The van der Waals surface area contributed by atoms with Crippen LogP contribution in [0.4, 0.5) is 5.69 Å². The summed E-state index contributed by atoms with van der Waals surface area (Å²) in [6, 6.07) is 17.4. The maximum absolute atomic E-state index is 13.3. The van der Waals surface area contributed by atoms with Crippen LogP contribution in [0.15, 0.2) is 54.6 Å². The Balaban J connectivity index is 1.45. The number of amides is 1. The van der Waals surface area contributed by atoms with E-state index in [1.165, 1.54) is 26.9 Å². The second kappa shape index (κ2) is 11.2. The minimum absolute atomic E-state index is 0.285. The van der Waals surface area contributed by atoms with Gasteiger partial charge in [-0.1, -0.05) is 24.3 Å². The zero-order chi connectivity index (χ0) is 25.8. The van der Waals surface area contributed by atoms with E-state index in [9.17, 15) is 4.79 Å². The summed E-state index contributed by atoms with van der Waals surface area (Å²) in [7, 11) is 4.58. The first kappa shape index (κ1) is 25.0. The van der Waals surface area contributed by atoms with Gasteiger partial charge in [0.1, 0.15) is 5.01 Å². The van der Waals surface area contributed by atoms with Gasteiger partial charge in [0.15, 0.2) is 11.5 Å². The Bertz CT molecular complexity index is 1390. The summed E-state index contributed by atoms with van der Waals surface area (Å²) >= 11 is 1.63. The lowest BCUT2D eigenvalue weighted by Gasteiger charge is -2.27. The largest absolute Gasteiger partial charge is 0.493 e. The highest BCUT2D eigenvalue weighted by Crippen LogP contribution is 2.39. The number of anilines is 1. The molecule has 37 heavy (non-hydrogen) atoms. The van der Waals surface area contributed by atoms with E-state index in [0.29, 0.717) is 28.5 Å². The Hall–Kier alpha value is -3.66. The van der Waals surface area contributed by atoms with Gasteiger partial charge in [-0.15, -0.1) is 11.3 Å². The van der Waals surface area contributed by atoms with Crippen molar-refractivity contribution in [2.24, 2.45) is 0 Å². The summed E-state index contributed by atoms with van der Waals surface area (Å²) in [6.45, 7) is 4.96. The van der Waals surface area contributed by atoms with Gasteiger partial charge in [0.25, 0.3) is 5.91 Å². The lowest BCUT2D eigenvalue weighted by atomic mass is 10.1. The maximum atomic E-state index is 13.3. The van der Waals surface area contributed by atoms with Crippen molar-refractivity contribution in [1.82, 2.24) is 15.2 Å². The number of nitrogens with zero attached hydrogens (tertiary/aromatic N) is 2. The smallest absolute Gasteiger partial charge is 0.255 e. The lowest BCUT2D eigenvalue weighted by Crippen LogP contribution is -2.42. The molecule has 2 heterocycles. The number of para-hydroxylation sites is 2.